The lowest BCUT2D eigenvalue weighted by molar-refractivity contribution is 0.750. The van der Waals surface area contributed by atoms with E-state index in [1.54, 1.807) is 16.8 Å². The first-order valence-corrected chi connectivity index (χ1v) is 7.41. The van der Waals surface area contributed by atoms with Crippen LogP contribution in [-0.4, -0.2) is 14.3 Å². The molecule has 0 radical (unpaired) electrons. The van der Waals surface area contributed by atoms with Crippen LogP contribution < -0.4 is 0 Å². The van der Waals surface area contributed by atoms with Crippen LogP contribution in [0.2, 0.25) is 10.0 Å². The Balaban J connectivity index is 2.29. The molecule has 3 aromatic rings. The summed E-state index contributed by atoms with van der Waals surface area (Å²) in [5, 5.41) is 5.62. The zero-order valence-corrected chi connectivity index (χ0v) is 13.5. The molecule has 6 heteroatoms. The standard InChI is InChI=1S/C15H11Cl2N3S/c1-19-15(21)20(11-5-3-2-4-6-11)14(18-19)12-8-7-10(16)9-13(12)17/h2-9H,1H3. The molecule has 0 aliphatic rings. The van der Waals surface area contributed by atoms with Crippen molar-refractivity contribution in [3.63, 3.8) is 0 Å². The lowest BCUT2D eigenvalue weighted by Crippen LogP contribution is -1.98. The van der Waals surface area contributed by atoms with E-state index in [4.69, 9.17) is 35.4 Å². The quantitative estimate of drug-likeness (QED) is 0.620. The van der Waals surface area contributed by atoms with Crippen molar-refractivity contribution in [1.29, 1.82) is 0 Å². The van der Waals surface area contributed by atoms with Gasteiger partial charge < -0.3 is 0 Å². The molecule has 2 aromatic carbocycles. The Labute approximate surface area is 137 Å². The van der Waals surface area contributed by atoms with Gasteiger partial charge in [-0.05, 0) is 42.5 Å². The smallest absolute Gasteiger partial charge is 0.202 e. The van der Waals surface area contributed by atoms with Crippen LogP contribution in [-0.2, 0) is 7.05 Å². The number of benzene rings is 2. The minimum Gasteiger partial charge on any atom is -0.268 e. The average molecular weight is 336 g/mol. The number of rotatable bonds is 2. The number of nitrogens with zero attached hydrogens (tertiary/aromatic N) is 3. The molecule has 0 saturated carbocycles. The second kappa shape index (κ2) is 5.64. The third-order valence-corrected chi connectivity index (χ3v) is 4.11. The lowest BCUT2D eigenvalue weighted by Gasteiger charge is -2.08. The van der Waals surface area contributed by atoms with E-state index < -0.39 is 0 Å². The summed E-state index contributed by atoms with van der Waals surface area (Å²) in [5.74, 6) is 0.690. The van der Waals surface area contributed by atoms with Crippen molar-refractivity contribution in [3.8, 4) is 17.1 Å². The third kappa shape index (κ3) is 2.62. The van der Waals surface area contributed by atoms with Gasteiger partial charge in [-0.1, -0.05) is 41.4 Å². The molecular weight excluding hydrogens is 325 g/mol. The fourth-order valence-corrected chi connectivity index (χ4v) is 2.85. The van der Waals surface area contributed by atoms with E-state index in [1.807, 2.05) is 48.0 Å². The van der Waals surface area contributed by atoms with Gasteiger partial charge in [-0.3, -0.25) is 4.57 Å². The summed E-state index contributed by atoms with van der Waals surface area (Å²) < 4.78 is 4.15. The van der Waals surface area contributed by atoms with Crippen molar-refractivity contribution in [1.82, 2.24) is 14.3 Å². The summed E-state index contributed by atoms with van der Waals surface area (Å²) >= 11 is 17.7. The monoisotopic (exact) mass is 335 g/mol. The molecule has 3 rings (SSSR count). The van der Waals surface area contributed by atoms with Crippen LogP contribution in [0.4, 0.5) is 0 Å². The Kier molecular flexibility index (Phi) is 3.85. The van der Waals surface area contributed by atoms with Gasteiger partial charge in [-0.15, -0.1) is 0 Å². The second-order valence-electron chi connectivity index (χ2n) is 4.52. The van der Waals surface area contributed by atoms with Crippen LogP contribution in [0.15, 0.2) is 48.5 Å². The van der Waals surface area contributed by atoms with E-state index in [2.05, 4.69) is 5.10 Å². The lowest BCUT2D eigenvalue weighted by atomic mass is 10.2. The summed E-state index contributed by atoms with van der Waals surface area (Å²) in [6.07, 6.45) is 0. The first kappa shape index (κ1) is 14.3. The Morgan fingerprint density at radius 3 is 2.43 bits per heavy atom. The van der Waals surface area contributed by atoms with Gasteiger partial charge in [0, 0.05) is 23.3 Å². The molecule has 0 N–H and O–H groups in total. The minimum absolute atomic E-state index is 0.542. The van der Waals surface area contributed by atoms with Gasteiger partial charge in [-0.25, -0.2) is 4.68 Å². The highest BCUT2D eigenvalue weighted by molar-refractivity contribution is 7.71. The highest BCUT2D eigenvalue weighted by Gasteiger charge is 2.15. The topological polar surface area (TPSA) is 22.8 Å². The predicted molar refractivity (Wildman–Crippen MR) is 88.8 cm³/mol. The van der Waals surface area contributed by atoms with Crippen molar-refractivity contribution in [2.75, 3.05) is 0 Å². The largest absolute Gasteiger partial charge is 0.268 e. The molecule has 0 aliphatic heterocycles. The fraction of sp³-hybridized carbons (Fsp3) is 0.0667. The highest BCUT2D eigenvalue weighted by Crippen LogP contribution is 2.30. The molecule has 0 unspecified atom stereocenters. The zero-order valence-electron chi connectivity index (χ0n) is 11.1. The molecule has 0 fully saturated rings. The van der Waals surface area contributed by atoms with Crippen molar-refractivity contribution in [2.45, 2.75) is 0 Å². The van der Waals surface area contributed by atoms with Crippen LogP contribution in [0, 0.1) is 4.77 Å². The first-order chi connectivity index (χ1) is 10.1. The number of hydrogen-bond acceptors (Lipinski definition) is 2. The van der Waals surface area contributed by atoms with E-state index in [-0.39, 0.29) is 0 Å². The van der Waals surface area contributed by atoms with E-state index >= 15 is 0 Å². The predicted octanol–water partition coefficient (Wildman–Crippen LogP) is 4.91. The van der Waals surface area contributed by atoms with Crippen molar-refractivity contribution < 1.29 is 0 Å². The zero-order chi connectivity index (χ0) is 15.0. The maximum Gasteiger partial charge on any atom is 0.202 e. The molecule has 21 heavy (non-hydrogen) atoms. The van der Waals surface area contributed by atoms with Gasteiger partial charge in [0.25, 0.3) is 0 Å². The molecule has 0 aliphatic carbocycles. The maximum atomic E-state index is 6.30. The summed E-state index contributed by atoms with van der Waals surface area (Å²) in [7, 11) is 1.81. The fourth-order valence-electron chi connectivity index (χ4n) is 2.12. The SMILES string of the molecule is Cn1nc(-c2ccc(Cl)cc2Cl)n(-c2ccccc2)c1=S. The Morgan fingerprint density at radius 2 is 1.76 bits per heavy atom. The van der Waals surface area contributed by atoms with Gasteiger partial charge in [0.1, 0.15) is 0 Å². The number of aromatic nitrogens is 3. The minimum atomic E-state index is 0.542. The van der Waals surface area contributed by atoms with Crippen LogP contribution >= 0.6 is 35.4 Å². The molecule has 3 nitrogen and oxygen atoms in total. The normalized spacial score (nSPS) is 10.8. The molecule has 0 bridgehead atoms. The van der Waals surface area contributed by atoms with Gasteiger partial charge in [0.2, 0.25) is 4.77 Å². The summed E-state index contributed by atoms with van der Waals surface area (Å²) in [4.78, 5) is 0. The van der Waals surface area contributed by atoms with Crippen molar-refractivity contribution >= 4 is 35.4 Å². The van der Waals surface area contributed by atoms with E-state index in [0.29, 0.717) is 20.6 Å². The van der Waals surface area contributed by atoms with Gasteiger partial charge >= 0.3 is 0 Å². The Hall–Kier alpha value is -1.62. The van der Waals surface area contributed by atoms with Crippen LogP contribution in [0.3, 0.4) is 0 Å². The van der Waals surface area contributed by atoms with Crippen LogP contribution in [0.25, 0.3) is 17.1 Å². The number of halogens is 2. The number of para-hydroxylation sites is 1. The average Bonchev–Trinajstić information content (AvgIpc) is 2.75. The molecule has 0 saturated heterocycles. The van der Waals surface area contributed by atoms with Gasteiger partial charge in [-0.2, -0.15) is 5.10 Å². The molecule has 106 valence electrons. The second-order valence-corrected chi connectivity index (χ2v) is 5.73. The highest BCUT2D eigenvalue weighted by atomic mass is 35.5. The molecule has 0 amide bonds. The van der Waals surface area contributed by atoms with Gasteiger partial charge in [0.05, 0.1) is 5.02 Å². The van der Waals surface area contributed by atoms with Gasteiger partial charge in [0.15, 0.2) is 5.82 Å². The van der Waals surface area contributed by atoms with E-state index in [9.17, 15) is 0 Å². The Bertz CT molecular complexity index is 853. The van der Waals surface area contributed by atoms with Crippen molar-refractivity contribution in [2.24, 2.45) is 7.05 Å². The Morgan fingerprint density at radius 1 is 1.05 bits per heavy atom. The third-order valence-electron chi connectivity index (χ3n) is 3.11. The summed E-state index contributed by atoms with van der Waals surface area (Å²) in [6.45, 7) is 0. The number of hydrogen-bond donors (Lipinski definition) is 0. The van der Waals surface area contributed by atoms with Crippen LogP contribution in [0.5, 0.6) is 0 Å². The van der Waals surface area contributed by atoms with E-state index in [0.717, 1.165) is 11.3 Å². The van der Waals surface area contributed by atoms with Crippen LogP contribution in [0.1, 0.15) is 0 Å². The molecule has 1 heterocycles. The summed E-state index contributed by atoms with van der Waals surface area (Å²) in [6, 6.07) is 15.2. The first-order valence-electron chi connectivity index (χ1n) is 6.25. The summed E-state index contributed by atoms with van der Waals surface area (Å²) in [5.41, 5.74) is 1.73. The molecule has 0 spiro atoms. The van der Waals surface area contributed by atoms with E-state index in [1.165, 1.54) is 0 Å². The maximum absolute atomic E-state index is 6.30. The molecule has 0 atom stereocenters. The molecular formula is C15H11Cl2N3S. The molecule has 1 aromatic heterocycles. The number of aryl methyl sites for hydroxylation is 1. The van der Waals surface area contributed by atoms with Crippen molar-refractivity contribution in [3.05, 3.63) is 63.3 Å².